The Morgan fingerprint density at radius 1 is 1.03 bits per heavy atom. The molecule has 0 bridgehead atoms. The Labute approximate surface area is 218 Å². The molecule has 1 heterocycles. The van der Waals surface area contributed by atoms with Crippen LogP contribution in [0, 0.1) is 6.92 Å². The summed E-state index contributed by atoms with van der Waals surface area (Å²) in [7, 11) is 1.43. The third-order valence-electron chi connectivity index (χ3n) is 5.90. The molecule has 0 saturated carbocycles. The largest absolute Gasteiger partial charge is 0.507 e. The molecule has 0 aromatic heterocycles. The number of nitrogens with zero attached hydrogens (tertiary/aromatic N) is 1. The van der Waals surface area contributed by atoms with Crippen LogP contribution in [0.5, 0.6) is 17.2 Å². The Balaban J connectivity index is 2.00. The average molecular weight is 528 g/mol. The second-order valence-electron chi connectivity index (χ2n) is 8.11. The van der Waals surface area contributed by atoms with Crippen molar-refractivity contribution < 1.29 is 29.3 Å². The topological polar surface area (TPSA) is 96.3 Å². The lowest BCUT2D eigenvalue weighted by atomic mass is 9.94. The molecule has 1 fully saturated rings. The molecule has 36 heavy (non-hydrogen) atoms. The third-order valence-corrected chi connectivity index (χ3v) is 6.45. The molecule has 9 heteroatoms. The minimum Gasteiger partial charge on any atom is -0.507 e. The zero-order valence-corrected chi connectivity index (χ0v) is 21.2. The quantitative estimate of drug-likeness (QED) is 0.230. The number of aliphatic hydroxyl groups excluding tert-OH is 1. The fourth-order valence-corrected chi connectivity index (χ4v) is 4.53. The number of anilines is 1. The second-order valence-corrected chi connectivity index (χ2v) is 8.95. The molecule has 1 aliphatic rings. The lowest BCUT2D eigenvalue weighted by Crippen LogP contribution is -2.30. The van der Waals surface area contributed by atoms with E-state index in [1.54, 1.807) is 38.1 Å². The van der Waals surface area contributed by atoms with Crippen molar-refractivity contribution in [2.45, 2.75) is 19.9 Å². The van der Waals surface area contributed by atoms with Gasteiger partial charge in [0.15, 0.2) is 11.5 Å². The molecule has 7 nitrogen and oxygen atoms in total. The summed E-state index contributed by atoms with van der Waals surface area (Å²) in [4.78, 5) is 28.1. The first kappa shape index (κ1) is 25.4. The van der Waals surface area contributed by atoms with Gasteiger partial charge in [0.25, 0.3) is 11.7 Å². The standard InChI is InChI=1S/C27H23Cl2NO6/c1-4-36-22-11-15(7-10-20(22)31)24-23(25(32)16-6-9-18(29)21(12-16)35-3)26(33)27(34)30(24)19-13-17(28)8-5-14(19)2/h5-13,24,31-32H,4H2,1-3H3/b25-23+. The molecular weight excluding hydrogens is 505 g/mol. The molecule has 1 aliphatic heterocycles. The molecule has 2 N–H and O–H groups in total. The van der Waals surface area contributed by atoms with Crippen LogP contribution in [0.1, 0.15) is 29.7 Å². The van der Waals surface area contributed by atoms with Gasteiger partial charge in [-0.1, -0.05) is 35.3 Å². The maximum atomic E-state index is 13.4. The maximum absolute atomic E-state index is 13.4. The van der Waals surface area contributed by atoms with Gasteiger partial charge in [0.05, 0.1) is 30.4 Å². The van der Waals surface area contributed by atoms with E-state index in [0.29, 0.717) is 32.6 Å². The fraction of sp³-hybridized carbons (Fsp3) is 0.185. The second kappa shape index (κ2) is 10.1. The number of carbonyl (C=O) groups excluding carboxylic acids is 2. The highest BCUT2D eigenvalue weighted by atomic mass is 35.5. The van der Waals surface area contributed by atoms with Crippen molar-refractivity contribution in [2.24, 2.45) is 0 Å². The number of aryl methyl sites for hydroxylation is 1. The summed E-state index contributed by atoms with van der Waals surface area (Å²) >= 11 is 12.4. The highest BCUT2D eigenvalue weighted by Gasteiger charge is 2.47. The summed E-state index contributed by atoms with van der Waals surface area (Å²) in [6.07, 6.45) is 0. The third kappa shape index (κ3) is 4.47. The number of amides is 1. The van der Waals surface area contributed by atoms with Crippen molar-refractivity contribution >= 4 is 46.3 Å². The smallest absolute Gasteiger partial charge is 0.300 e. The van der Waals surface area contributed by atoms with Crippen LogP contribution in [0.3, 0.4) is 0 Å². The number of aliphatic hydroxyl groups is 1. The molecular formula is C27H23Cl2NO6. The number of phenolic OH excluding ortho intramolecular Hbond substituents is 1. The van der Waals surface area contributed by atoms with Crippen LogP contribution in [0.25, 0.3) is 5.76 Å². The van der Waals surface area contributed by atoms with Gasteiger partial charge in [0.1, 0.15) is 11.5 Å². The van der Waals surface area contributed by atoms with E-state index in [1.165, 1.54) is 42.3 Å². The van der Waals surface area contributed by atoms with Crippen LogP contribution in [-0.4, -0.2) is 35.6 Å². The van der Waals surface area contributed by atoms with Crippen LogP contribution >= 0.6 is 23.2 Å². The summed E-state index contributed by atoms with van der Waals surface area (Å²) in [5.74, 6) is -1.74. The average Bonchev–Trinajstić information content (AvgIpc) is 3.12. The van der Waals surface area contributed by atoms with Crippen LogP contribution < -0.4 is 14.4 Å². The lowest BCUT2D eigenvalue weighted by molar-refractivity contribution is -0.132. The Morgan fingerprint density at radius 2 is 1.78 bits per heavy atom. The minimum absolute atomic E-state index is 0.0982. The van der Waals surface area contributed by atoms with Gasteiger partial charge in [-0.2, -0.15) is 0 Å². The SMILES string of the molecule is CCOc1cc(C2/C(=C(\O)c3ccc(Cl)c(OC)c3)C(=O)C(=O)N2c2cc(Cl)ccc2C)ccc1O. The van der Waals surface area contributed by atoms with Crippen LogP contribution in [0.4, 0.5) is 5.69 Å². The molecule has 1 amide bonds. The van der Waals surface area contributed by atoms with Crippen LogP contribution in [0.15, 0.2) is 60.2 Å². The summed E-state index contributed by atoms with van der Waals surface area (Å²) in [6.45, 7) is 3.84. The monoisotopic (exact) mass is 527 g/mol. The zero-order chi connectivity index (χ0) is 26.1. The van der Waals surface area contributed by atoms with Crippen molar-refractivity contribution in [3.05, 3.63) is 86.9 Å². The van der Waals surface area contributed by atoms with E-state index in [2.05, 4.69) is 0 Å². The molecule has 0 spiro atoms. The number of rotatable bonds is 6. The van der Waals surface area contributed by atoms with Crippen molar-refractivity contribution in [3.8, 4) is 17.2 Å². The number of benzene rings is 3. The molecule has 3 aromatic rings. The number of phenols is 1. The molecule has 186 valence electrons. The number of ether oxygens (including phenoxy) is 2. The number of hydrogen-bond donors (Lipinski definition) is 2. The molecule has 0 radical (unpaired) electrons. The van der Waals surface area contributed by atoms with Gasteiger partial charge in [0, 0.05) is 16.3 Å². The number of aromatic hydroxyl groups is 1. The van der Waals surface area contributed by atoms with Gasteiger partial charge in [-0.25, -0.2) is 0 Å². The summed E-state index contributed by atoms with van der Waals surface area (Å²) < 4.78 is 10.8. The van der Waals surface area contributed by atoms with Gasteiger partial charge in [-0.3, -0.25) is 14.5 Å². The Bertz CT molecular complexity index is 1400. The number of ketones is 1. The first-order chi connectivity index (χ1) is 17.2. The maximum Gasteiger partial charge on any atom is 0.300 e. The van der Waals surface area contributed by atoms with Crippen LogP contribution in [-0.2, 0) is 9.59 Å². The lowest BCUT2D eigenvalue weighted by Gasteiger charge is -2.27. The highest BCUT2D eigenvalue weighted by Crippen LogP contribution is 2.45. The van der Waals surface area contributed by atoms with Gasteiger partial charge in [-0.15, -0.1) is 0 Å². The fourth-order valence-electron chi connectivity index (χ4n) is 4.17. The van der Waals surface area contributed by atoms with E-state index in [9.17, 15) is 19.8 Å². The molecule has 1 saturated heterocycles. The number of Topliss-reactive ketones (excluding diaryl/α,β-unsaturated/α-hetero) is 1. The van der Waals surface area contributed by atoms with Crippen molar-refractivity contribution in [2.75, 3.05) is 18.6 Å². The van der Waals surface area contributed by atoms with E-state index in [1.807, 2.05) is 0 Å². The van der Waals surface area contributed by atoms with Crippen molar-refractivity contribution in [1.82, 2.24) is 0 Å². The van der Waals surface area contributed by atoms with E-state index in [4.69, 9.17) is 32.7 Å². The van der Waals surface area contributed by atoms with Gasteiger partial charge >= 0.3 is 0 Å². The van der Waals surface area contributed by atoms with E-state index < -0.39 is 23.5 Å². The van der Waals surface area contributed by atoms with E-state index in [0.717, 1.165) is 0 Å². The van der Waals surface area contributed by atoms with Gasteiger partial charge in [0.2, 0.25) is 0 Å². The van der Waals surface area contributed by atoms with E-state index in [-0.39, 0.29) is 29.2 Å². The Morgan fingerprint density at radius 3 is 2.47 bits per heavy atom. The van der Waals surface area contributed by atoms with E-state index >= 15 is 0 Å². The number of methoxy groups -OCH3 is 1. The summed E-state index contributed by atoms with van der Waals surface area (Å²) in [5, 5.41) is 22.3. The number of carbonyl (C=O) groups is 2. The van der Waals surface area contributed by atoms with Crippen LogP contribution in [0.2, 0.25) is 10.0 Å². The predicted molar refractivity (Wildman–Crippen MR) is 138 cm³/mol. The van der Waals surface area contributed by atoms with Gasteiger partial charge < -0.3 is 19.7 Å². The predicted octanol–water partition coefficient (Wildman–Crippen LogP) is 6.04. The first-order valence-electron chi connectivity index (χ1n) is 11.0. The molecule has 4 rings (SSSR count). The van der Waals surface area contributed by atoms with Crippen molar-refractivity contribution in [3.63, 3.8) is 0 Å². The molecule has 1 atom stereocenters. The molecule has 3 aromatic carbocycles. The Kier molecular flexibility index (Phi) is 7.15. The Hall–Kier alpha value is -3.68. The first-order valence-corrected chi connectivity index (χ1v) is 11.8. The molecule has 1 unspecified atom stereocenters. The highest BCUT2D eigenvalue weighted by molar-refractivity contribution is 6.52. The number of hydrogen-bond acceptors (Lipinski definition) is 6. The summed E-state index contributed by atoms with van der Waals surface area (Å²) in [6, 6.07) is 13.0. The normalized spacial score (nSPS) is 16.9. The zero-order valence-electron chi connectivity index (χ0n) is 19.7. The van der Waals surface area contributed by atoms with Gasteiger partial charge in [-0.05, 0) is 67.4 Å². The number of halogens is 2. The van der Waals surface area contributed by atoms with Crippen molar-refractivity contribution in [1.29, 1.82) is 0 Å². The molecule has 0 aliphatic carbocycles. The minimum atomic E-state index is -1.04. The summed E-state index contributed by atoms with van der Waals surface area (Å²) in [5.41, 5.74) is 1.65.